The summed E-state index contributed by atoms with van der Waals surface area (Å²) in [5.41, 5.74) is 7.67. The number of phenolic OH excluding ortho intramolecular Hbond substituents is 1. The van der Waals surface area contributed by atoms with Crippen molar-refractivity contribution in [3.8, 4) is 17.2 Å². The smallest absolute Gasteiger partial charge is 0.131 e. The molecule has 3 N–H and O–H groups in total. The second kappa shape index (κ2) is 6.65. The zero-order valence-corrected chi connectivity index (χ0v) is 12.3. The van der Waals surface area contributed by atoms with Crippen LogP contribution in [0.1, 0.15) is 17.2 Å². The summed E-state index contributed by atoms with van der Waals surface area (Å²) in [6.07, 6.45) is 0. The molecule has 4 nitrogen and oxygen atoms in total. The number of methoxy groups -OCH3 is 2. The highest BCUT2D eigenvalue weighted by Crippen LogP contribution is 2.39. The van der Waals surface area contributed by atoms with E-state index in [0.717, 1.165) is 5.56 Å². The quantitative estimate of drug-likeness (QED) is 0.911. The normalized spacial score (nSPS) is 11.5. The van der Waals surface area contributed by atoms with Crippen molar-refractivity contribution in [2.75, 3.05) is 14.2 Å². The second-order valence-corrected chi connectivity index (χ2v) is 4.58. The molecule has 0 saturated heterocycles. The largest absolute Gasteiger partial charge is 0.507 e. The molecule has 0 aliphatic heterocycles. The Balaban J connectivity index is 0.00000180. The predicted octanol–water partition coefficient (Wildman–Crippen LogP) is 2.94. The maximum absolute atomic E-state index is 10.1. The molecular weight excluding hydrogens is 286 g/mol. The molecule has 0 saturated carbocycles. The molecule has 1 aromatic carbocycles. The van der Waals surface area contributed by atoms with Gasteiger partial charge in [0.1, 0.15) is 17.2 Å². The van der Waals surface area contributed by atoms with Crippen LogP contribution in [0, 0.1) is 0 Å². The summed E-state index contributed by atoms with van der Waals surface area (Å²) in [4.78, 5) is 0. The first-order chi connectivity index (χ1) is 8.67. The van der Waals surface area contributed by atoms with Crippen molar-refractivity contribution in [1.82, 2.24) is 0 Å². The van der Waals surface area contributed by atoms with Gasteiger partial charge in [0.05, 0.1) is 25.8 Å². The molecule has 2 aromatic rings. The lowest BCUT2D eigenvalue weighted by molar-refractivity contribution is 0.377. The average Bonchev–Trinajstić information content (AvgIpc) is 2.90. The van der Waals surface area contributed by atoms with Gasteiger partial charge in [-0.25, -0.2) is 0 Å². The lowest BCUT2D eigenvalue weighted by Crippen LogP contribution is -2.12. The first kappa shape index (κ1) is 15.6. The van der Waals surface area contributed by atoms with E-state index in [2.05, 4.69) is 0 Å². The molecule has 0 bridgehead atoms. The number of ether oxygens (including phenoxy) is 2. The van der Waals surface area contributed by atoms with Gasteiger partial charge in [0.2, 0.25) is 0 Å². The van der Waals surface area contributed by atoms with Gasteiger partial charge in [0, 0.05) is 12.1 Å². The third-order valence-electron chi connectivity index (χ3n) is 2.76. The molecule has 0 radical (unpaired) electrons. The van der Waals surface area contributed by atoms with Crippen LogP contribution in [0.15, 0.2) is 29.0 Å². The summed E-state index contributed by atoms with van der Waals surface area (Å²) in [6.45, 7) is 0. The van der Waals surface area contributed by atoms with Gasteiger partial charge in [0.15, 0.2) is 0 Å². The molecule has 6 heteroatoms. The van der Waals surface area contributed by atoms with Crippen LogP contribution < -0.4 is 15.2 Å². The summed E-state index contributed by atoms with van der Waals surface area (Å²) in [5.74, 6) is 1.13. The van der Waals surface area contributed by atoms with Crippen LogP contribution >= 0.6 is 23.7 Å². The molecular formula is C13H16ClNO3S. The van der Waals surface area contributed by atoms with Crippen LogP contribution in [0.3, 0.4) is 0 Å². The van der Waals surface area contributed by atoms with Gasteiger partial charge in [-0.3, -0.25) is 0 Å². The minimum atomic E-state index is -0.419. The molecule has 1 aromatic heterocycles. The van der Waals surface area contributed by atoms with Crippen LogP contribution in [0.5, 0.6) is 17.2 Å². The highest BCUT2D eigenvalue weighted by molar-refractivity contribution is 7.08. The van der Waals surface area contributed by atoms with E-state index in [-0.39, 0.29) is 18.2 Å². The second-order valence-electron chi connectivity index (χ2n) is 3.80. The number of hydrogen-bond acceptors (Lipinski definition) is 5. The van der Waals surface area contributed by atoms with Gasteiger partial charge in [-0.2, -0.15) is 11.3 Å². The van der Waals surface area contributed by atoms with Gasteiger partial charge in [-0.1, -0.05) is 0 Å². The van der Waals surface area contributed by atoms with Crippen molar-refractivity contribution in [1.29, 1.82) is 0 Å². The topological polar surface area (TPSA) is 64.7 Å². The molecule has 0 aliphatic carbocycles. The van der Waals surface area contributed by atoms with E-state index in [0.29, 0.717) is 17.1 Å². The van der Waals surface area contributed by atoms with Gasteiger partial charge >= 0.3 is 0 Å². The van der Waals surface area contributed by atoms with Crippen molar-refractivity contribution in [2.45, 2.75) is 6.04 Å². The highest BCUT2D eigenvalue weighted by Gasteiger charge is 2.20. The molecule has 0 unspecified atom stereocenters. The number of halogens is 1. The lowest BCUT2D eigenvalue weighted by Gasteiger charge is -2.17. The Morgan fingerprint density at radius 2 is 2.00 bits per heavy atom. The standard InChI is InChI=1S/C13H15NO3S.ClH/c1-16-9-5-10(15)12(11(6-9)17-2)13(14)8-3-4-18-7-8;/h3-7,13,15H,14H2,1-2H3;1H/t13-;/m0./s1. The fourth-order valence-electron chi connectivity index (χ4n) is 1.81. The summed E-state index contributed by atoms with van der Waals surface area (Å²) >= 11 is 1.56. The molecule has 104 valence electrons. The van der Waals surface area contributed by atoms with Crippen molar-refractivity contribution in [3.05, 3.63) is 40.1 Å². The number of benzene rings is 1. The Morgan fingerprint density at radius 1 is 1.26 bits per heavy atom. The van der Waals surface area contributed by atoms with Crippen LogP contribution in [-0.2, 0) is 0 Å². The minimum Gasteiger partial charge on any atom is -0.507 e. The Bertz CT molecular complexity index is 531. The highest BCUT2D eigenvalue weighted by atomic mass is 35.5. The fourth-order valence-corrected chi connectivity index (χ4v) is 2.50. The first-order valence-corrected chi connectivity index (χ1v) is 6.34. The third kappa shape index (κ3) is 3.12. The Kier molecular flexibility index (Phi) is 5.47. The fraction of sp³-hybridized carbons (Fsp3) is 0.231. The van der Waals surface area contributed by atoms with Crippen LogP contribution in [0.25, 0.3) is 0 Å². The molecule has 1 heterocycles. The molecule has 0 fully saturated rings. The maximum Gasteiger partial charge on any atom is 0.131 e. The summed E-state index contributed by atoms with van der Waals surface area (Å²) in [5, 5.41) is 14.0. The van der Waals surface area contributed by atoms with Gasteiger partial charge in [-0.15, -0.1) is 12.4 Å². The van der Waals surface area contributed by atoms with E-state index < -0.39 is 6.04 Å². The molecule has 2 rings (SSSR count). The van der Waals surface area contributed by atoms with Crippen molar-refractivity contribution >= 4 is 23.7 Å². The molecule has 0 aliphatic rings. The SMILES string of the molecule is COc1cc(O)c([C@@H](N)c2ccsc2)c(OC)c1.Cl. The number of hydrogen-bond donors (Lipinski definition) is 2. The van der Waals surface area contributed by atoms with Crippen LogP contribution in [0.2, 0.25) is 0 Å². The zero-order valence-electron chi connectivity index (χ0n) is 10.6. The molecule has 0 spiro atoms. The van der Waals surface area contributed by atoms with Crippen LogP contribution in [-0.4, -0.2) is 19.3 Å². The Labute approximate surface area is 122 Å². The van der Waals surface area contributed by atoms with Crippen molar-refractivity contribution in [3.63, 3.8) is 0 Å². The number of aromatic hydroxyl groups is 1. The number of rotatable bonds is 4. The monoisotopic (exact) mass is 301 g/mol. The average molecular weight is 302 g/mol. The van der Waals surface area contributed by atoms with E-state index >= 15 is 0 Å². The lowest BCUT2D eigenvalue weighted by atomic mass is 10.00. The van der Waals surface area contributed by atoms with E-state index in [1.807, 2.05) is 16.8 Å². The van der Waals surface area contributed by atoms with Crippen molar-refractivity contribution in [2.24, 2.45) is 5.73 Å². The summed E-state index contributed by atoms with van der Waals surface area (Å²) < 4.78 is 10.4. The Hall–Kier alpha value is -1.43. The van der Waals surface area contributed by atoms with Gasteiger partial charge < -0.3 is 20.3 Å². The number of nitrogens with two attached hydrogens (primary N) is 1. The summed E-state index contributed by atoms with van der Waals surface area (Å²) in [7, 11) is 3.07. The molecule has 0 amide bonds. The number of phenols is 1. The van der Waals surface area contributed by atoms with E-state index in [4.69, 9.17) is 15.2 Å². The Morgan fingerprint density at radius 3 is 2.53 bits per heavy atom. The number of thiophene rings is 1. The van der Waals surface area contributed by atoms with Gasteiger partial charge in [-0.05, 0) is 22.4 Å². The van der Waals surface area contributed by atoms with Crippen LogP contribution in [0.4, 0.5) is 0 Å². The van der Waals surface area contributed by atoms with E-state index in [1.54, 1.807) is 17.4 Å². The molecule has 19 heavy (non-hydrogen) atoms. The predicted molar refractivity (Wildman–Crippen MR) is 78.8 cm³/mol. The summed E-state index contributed by atoms with van der Waals surface area (Å²) in [6, 6.07) is 4.75. The zero-order chi connectivity index (χ0) is 13.1. The molecule has 1 atom stereocenters. The minimum absolute atomic E-state index is 0. The maximum atomic E-state index is 10.1. The third-order valence-corrected chi connectivity index (χ3v) is 3.46. The van der Waals surface area contributed by atoms with Gasteiger partial charge in [0.25, 0.3) is 0 Å². The van der Waals surface area contributed by atoms with Crippen molar-refractivity contribution < 1.29 is 14.6 Å². The first-order valence-electron chi connectivity index (χ1n) is 5.40. The van der Waals surface area contributed by atoms with E-state index in [9.17, 15) is 5.11 Å². The van der Waals surface area contributed by atoms with E-state index in [1.165, 1.54) is 20.3 Å².